The van der Waals surface area contributed by atoms with Crippen LogP contribution < -0.4 is 10.2 Å². The average Bonchev–Trinajstić information content (AvgIpc) is 3.44. The molecule has 0 radical (unpaired) electrons. The molecule has 0 spiro atoms. The number of methoxy groups -OCH3 is 1. The molecule has 2 N–H and O–H groups in total. The molecule has 2 aliphatic carbocycles. The lowest BCUT2D eigenvalue weighted by atomic mass is 9.49. The summed E-state index contributed by atoms with van der Waals surface area (Å²) in [4.78, 5) is 59.3. The van der Waals surface area contributed by atoms with E-state index in [1.807, 2.05) is 49.4 Å². The van der Waals surface area contributed by atoms with Crippen molar-refractivity contribution in [1.29, 1.82) is 0 Å². The first kappa shape index (κ1) is 33.5. The summed E-state index contributed by atoms with van der Waals surface area (Å²) in [5.41, 5.74) is 2.91. The molecule has 4 aliphatic rings. The number of carbonyl (C=O) groups excluding carboxylic acids is 4. The highest BCUT2D eigenvalue weighted by molar-refractivity contribution is 14.1. The second-order valence-corrected chi connectivity index (χ2v) is 15.7. The van der Waals surface area contributed by atoms with Crippen LogP contribution in [0.5, 0.6) is 11.5 Å². The number of phenols is 1. The van der Waals surface area contributed by atoms with Gasteiger partial charge in [-0.1, -0.05) is 35.4 Å². The molecule has 49 heavy (non-hydrogen) atoms. The van der Waals surface area contributed by atoms with Crippen molar-refractivity contribution in [2.45, 2.75) is 50.5 Å². The van der Waals surface area contributed by atoms with E-state index in [0.717, 1.165) is 10.6 Å². The molecule has 2 saturated heterocycles. The van der Waals surface area contributed by atoms with Crippen molar-refractivity contribution in [2.75, 3.05) is 12.5 Å². The van der Waals surface area contributed by atoms with Crippen molar-refractivity contribution in [3.05, 3.63) is 97.8 Å². The van der Waals surface area contributed by atoms with Gasteiger partial charge < -0.3 is 9.84 Å². The molecule has 9 nitrogen and oxygen atoms in total. The van der Waals surface area contributed by atoms with Crippen LogP contribution in [0.3, 0.4) is 0 Å². The Morgan fingerprint density at radius 1 is 0.980 bits per heavy atom. The number of fused-ring (bicyclic) bond motifs is 4. The monoisotopic (exact) mass is 797 g/mol. The molecule has 7 rings (SSSR count). The van der Waals surface area contributed by atoms with Crippen molar-refractivity contribution < 1.29 is 33.4 Å². The second kappa shape index (κ2) is 11.8. The van der Waals surface area contributed by atoms with E-state index in [2.05, 4.69) is 5.43 Å². The number of likely N-dealkylation sites (tertiary alicyclic amines) is 1. The summed E-state index contributed by atoms with van der Waals surface area (Å²) >= 11 is 8.35. The number of hydrogen-bond donors (Lipinski definition) is 2. The Labute approximate surface area is 301 Å². The third-order valence-corrected chi connectivity index (χ3v) is 11.6. The predicted octanol–water partition coefficient (Wildman–Crippen LogP) is 6.58. The number of imide groups is 2. The van der Waals surface area contributed by atoms with Gasteiger partial charge in [0.2, 0.25) is 11.8 Å². The molecular weight excluding hydrogens is 764 g/mol. The molecule has 1 saturated carbocycles. The predicted molar refractivity (Wildman–Crippen MR) is 188 cm³/mol. The van der Waals surface area contributed by atoms with Crippen molar-refractivity contribution >= 4 is 63.5 Å². The Morgan fingerprint density at radius 2 is 1.65 bits per heavy atom. The fourth-order valence-electron chi connectivity index (χ4n) is 8.61. The van der Waals surface area contributed by atoms with E-state index in [4.69, 9.17) is 16.3 Å². The lowest BCUT2D eigenvalue weighted by Gasteiger charge is -2.50. The van der Waals surface area contributed by atoms with E-state index in [0.29, 0.717) is 25.4 Å². The van der Waals surface area contributed by atoms with Gasteiger partial charge >= 0.3 is 0 Å². The van der Waals surface area contributed by atoms with Gasteiger partial charge in [-0.3, -0.25) is 29.5 Å². The minimum atomic E-state index is -1.54. The molecule has 3 aromatic rings. The van der Waals surface area contributed by atoms with E-state index in [-0.39, 0.29) is 36.2 Å². The number of anilines is 1. The fraction of sp³-hybridized carbons (Fsp3) is 0.351. The third kappa shape index (κ3) is 4.98. The number of rotatable bonds is 5. The molecule has 6 unspecified atom stereocenters. The first-order valence-electron chi connectivity index (χ1n) is 16.0. The quantitative estimate of drug-likeness (QED) is 0.170. The molecular formula is C37H34ClFIN3O6. The van der Waals surface area contributed by atoms with Gasteiger partial charge in [-0.2, -0.15) is 5.01 Å². The van der Waals surface area contributed by atoms with Crippen molar-refractivity contribution in [2.24, 2.45) is 23.7 Å². The van der Waals surface area contributed by atoms with Crippen molar-refractivity contribution in [3.63, 3.8) is 0 Å². The first-order chi connectivity index (χ1) is 23.2. The molecule has 0 bridgehead atoms. The maximum atomic E-state index is 15.2. The van der Waals surface area contributed by atoms with Crippen LogP contribution in [0.2, 0.25) is 5.02 Å². The van der Waals surface area contributed by atoms with Crippen LogP contribution in [0.4, 0.5) is 10.1 Å². The number of ether oxygens (including phenoxy) is 1. The molecule has 12 heteroatoms. The van der Waals surface area contributed by atoms with Crippen molar-refractivity contribution in [1.82, 2.24) is 9.91 Å². The number of hydrogen-bond acceptors (Lipinski definition) is 7. The van der Waals surface area contributed by atoms with Crippen LogP contribution in [0.1, 0.15) is 50.7 Å². The van der Waals surface area contributed by atoms with Crippen LogP contribution in [0.15, 0.2) is 72.3 Å². The van der Waals surface area contributed by atoms with Crippen LogP contribution in [0, 0.1) is 33.1 Å². The number of amides is 4. The minimum absolute atomic E-state index is 0.0696. The summed E-state index contributed by atoms with van der Waals surface area (Å²) in [6, 6.07) is 15.6. The van der Waals surface area contributed by atoms with Gasteiger partial charge in [0.25, 0.3) is 11.8 Å². The molecule has 6 atom stereocenters. The minimum Gasteiger partial charge on any atom is -0.504 e. The lowest BCUT2D eigenvalue weighted by molar-refractivity contribution is -0.146. The zero-order valence-electron chi connectivity index (χ0n) is 27.2. The van der Waals surface area contributed by atoms with E-state index >= 15 is 4.79 Å². The standard InChI is InChI=1S/C37H34ClFIN3O6/c1-36(2,3)42-32(45)24-14-13-23-25(29(24)34(42)47)17-26-33(46)43(41-22-11-9-21(39)10-12-22)35(48)37(26,19-5-7-20(38)8-6-19)30(23)18-15-27(40)31(44)28(16-18)49-4/h5-13,15-16,24-26,29-30,41,44H,14,17H2,1-4H3. The van der Waals surface area contributed by atoms with Crippen LogP contribution in [-0.4, -0.2) is 51.3 Å². The van der Waals surface area contributed by atoms with Gasteiger partial charge in [0.15, 0.2) is 11.5 Å². The van der Waals surface area contributed by atoms with E-state index in [1.54, 1.807) is 36.4 Å². The number of halogens is 3. The van der Waals surface area contributed by atoms with Gasteiger partial charge in [-0.25, -0.2) is 4.39 Å². The van der Waals surface area contributed by atoms with Gasteiger partial charge in [-0.05, 0) is 122 Å². The Hall–Kier alpha value is -3.97. The maximum Gasteiger partial charge on any atom is 0.260 e. The van der Waals surface area contributed by atoms with E-state index in [1.165, 1.54) is 36.3 Å². The molecule has 3 fully saturated rings. The number of nitrogens with one attached hydrogen (secondary N) is 1. The molecule has 0 aromatic heterocycles. The average molecular weight is 798 g/mol. The summed E-state index contributed by atoms with van der Waals surface area (Å²) in [5.74, 6) is -5.59. The number of nitrogens with zero attached hydrogens (tertiary/aromatic N) is 2. The second-order valence-electron chi connectivity index (χ2n) is 14.1. The van der Waals surface area contributed by atoms with Crippen LogP contribution in [-0.2, 0) is 24.6 Å². The largest absolute Gasteiger partial charge is 0.504 e. The highest BCUT2D eigenvalue weighted by Crippen LogP contribution is 2.64. The zero-order valence-corrected chi connectivity index (χ0v) is 30.1. The zero-order chi connectivity index (χ0) is 35.2. The maximum absolute atomic E-state index is 15.2. The van der Waals surface area contributed by atoms with E-state index in [9.17, 15) is 23.9 Å². The van der Waals surface area contributed by atoms with Gasteiger partial charge in [0.05, 0.1) is 39.5 Å². The highest BCUT2D eigenvalue weighted by atomic mass is 127. The van der Waals surface area contributed by atoms with Gasteiger partial charge in [0.1, 0.15) is 5.82 Å². The number of allylic oxidation sites excluding steroid dienone is 2. The van der Waals surface area contributed by atoms with Crippen LogP contribution >= 0.6 is 34.2 Å². The molecule has 3 aromatic carbocycles. The van der Waals surface area contributed by atoms with E-state index < -0.39 is 58.2 Å². The van der Waals surface area contributed by atoms with Crippen molar-refractivity contribution in [3.8, 4) is 11.5 Å². The Morgan fingerprint density at radius 3 is 2.29 bits per heavy atom. The highest BCUT2D eigenvalue weighted by Gasteiger charge is 2.70. The summed E-state index contributed by atoms with van der Waals surface area (Å²) in [7, 11) is 1.43. The van der Waals surface area contributed by atoms with Crippen LogP contribution in [0.25, 0.3) is 0 Å². The molecule has 2 heterocycles. The number of benzene rings is 3. The molecule has 2 aliphatic heterocycles. The fourth-order valence-corrected chi connectivity index (χ4v) is 9.36. The Bertz CT molecular complexity index is 1940. The summed E-state index contributed by atoms with van der Waals surface area (Å²) in [6.45, 7) is 5.48. The Kier molecular flexibility index (Phi) is 8.09. The third-order valence-electron chi connectivity index (χ3n) is 10.5. The van der Waals surface area contributed by atoms with Gasteiger partial charge in [-0.15, -0.1) is 0 Å². The van der Waals surface area contributed by atoms with Gasteiger partial charge in [0, 0.05) is 16.5 Å². The normalized spacial score (nSPS) is 27.9. The Balaban J connectivity index is 1.49. The number of hydrazine groups is 1. The number of aromatic hydroxyl groups is 1. The number of carbonyl (C=O) groups is 4. The summed E-state index contributed by atoms with van der Waals surface area (Å²) in [5, 5.41) is 12.3. The molecule has 254 valence electrons. The number of phenolic OH excluding ortho intramolecular Hbond substituents is 1. The SMILES string of the molecule is COc1cc(C2C3=CCC4C(=O)N(C(C)(C)C)C(=O)C4C3CC3C(=O)N(Nc4ccc(F)cc4)C(=O)C32c2ccc(Cl)cc2)cc(I)c1O. The summed E-state index contributed by atoms with van der Waals surface area (Å²) < 4.78 is 19.9. The summed E-state index contributed by atoms with van der Waals surface area (Å²) in [6.07, 6.45) is 2.39. The topological polar surface area (TPSA) is 116 Å². The smallest absolute Gasteiger partial charge is 0.260 e. The lowest BCUT2D eigenvalue weighted by Crippen LogP contribution is -2.53. The first-order valence-corrected chi connectivity index (χ1v) is 17.5. The molecule has 4 amide bonds.